The van der Waals surface area contributed by atoms with Crippen LogP contribution in [0.15, 0.2) is 5.16 Å². The van der Waals surface area contributed by atoms with E-state index in [-0.39, 0.29) is 17.6 Å². The van der Waals surface area contributed by atoms with Gasteiger partial charge < -0.3 is 17.2 Å². The van der Waals surface area contributed by atoms with E-state index < -0.39 is 5.91 Å². The third-order valence-electron chi connectivity index (χ3n) is 0.993. The van der Waals surface area contributed by atoms with E-state index in [0.29, 0.717) is 5.16 Å². The van der Waals surface area contributed by atoms with Crippen molar-refractivity contribution in [3.8, 4) is 0 Å². The Morgan fingerprint density at radius 2 is 1.77 bits per heavy atom. The van der Waals surface area contributed by atoms with Crippen LogP contribution in [-0.4, -0.2) is 26.6 Å². The zero-order valence-electron chi connectivity index (χ0n) is 6.60. The molecule has 0 bridgehead atoms. The number of anilines is 2. The van der Waals surface area contributed by atoms with Gasteiger partial charge in [0.25, 0.3) is 0 Å². The Morgan fingerprint density at radius 1 is 1.23 bits per heavy atom. The minimum absolute atomic E-state index is 0.0273. The lowest BCUT2D eigenvalue weighted by Gasteiger charge is -1.99. The number of thioether (sulfide) groups is 1. The van der Waals surface area contributed by atoms with Crippen molar-refractivity contribution in [1.29, 1.82) is 0 Å². The molecule has 1 rings (SSSR count). The normalized spacial score (nSPS) is 9.85. The maximum Gasteiger partial charge on any atom is 0.227 e. The molecule has 0 aliphatic heterocycles. The lowest BCUT2D eigenvalue weighted by molar-refractivity contribution is -0.115. The summed E-state index contributed by atoms with van der Waals surface area (Å²) >= 11 is 1.06. The van der Waals surface area contributed by atoms with Crippen molar-refractivity contribution in [2.75, 3.05) is 17.2 Å². The standard InChI is InChI=1S/C5H8N6OS/c6-2(12)1-13-5-10-3(7)9-4(8)11-5/h1H2,(H2,6,12)(H4,7,8,9,10,11). The first-order valence-corrected chi connectivity index (χ1v) is 4.24. The van der Waals surface area contributed by atoms with Gasteiger partial charge in [-0.25, -0.2) is 0 Å². The van der Waals surface area contributed by atoms with Crippen LogP contribution in [0.25, 0.3) is 0 Å². The molecular weight excluding hydrogens is 192 g/mol. The number of hydrogen-bond acceptors (Lipinski definition) is 7. The summed E-state index contributed by atoms with van der Waals surface area (Å²) in [5.74, 6) is -0.315. The van der Waals surface area contributed by atoms with Crippen LogP contribution in [0.2, 0.25) is 0 Å². The van der Waals surface area contributed by atoms with E-state index in [9.17, 15) is 4.79 Å². The Bertz CT molecular complexity index is 309. The van der Waals surface area contributed by atoms with Gasteiger partial charge in [0.15, 0.2) is 5.16 Å². The summed E-state index contributed by atoms with van der Waals surface area (Å²) in [7, 11) is 0. The van der Waals surface area contributed by atoms with Crippen LogP contribution in [0.4, 0.5) is 11.9 Å². The van der Waals surface area contributed by atoms with Crippen molar-refractivity contribution in [1.82, 2.24) is 15.0 Å². The molecule has 13 heavy (non-hydrogen) atoms. The first-order chi connectivity index (χ1) is 6.08. The van der Waals surface area contributed by atoms with Crippen LogP contribution in [0.5, 0.6) is 0 Å². The fourth-order valence-corrected chi connectivity index (χ4v) is 1.18. The van der Waals surface area contributed by atoms with E-state index in [1.165, 1.54) is 0 Å². The largest absolute Gasteiger partial charge is 0.369 e. The van der Waals surface area contributed by atoms with Gasteiger partial charge in [-0.3, -0.25) is 4.79 Å². The number of nitrogens with zero attached hydrogens (tertiary/aromatic N) is 3. The summed E-state index contributed by atoms with van der Waals surface area (Å²) in [6.45, 7) is 0. The van der Waals surface area contributed by atoms with Gasteiger partial charge in [0, 0.05) is 0 Å². The Hall–Kier alpha value is -1.57. The third-order valence-corrected chi connectivity index (χ3v) is 1.86. The predicted molar refractivity (Wildman–Crippen MR) is 48.6 cm³/mol. The lowest BCUT2D eigenvalue weighted by atomic mass is 10.8. The van der Waals surface area contributed by atoms with E-state index in [1.54, 1.807) is 0 Å². The Morgan fingerprint density at radius 3 is 2.23 bits per heavy atom. The van der Waals surface area contributed by atoms with Crippen LogP contribution >= 0.6 is 11.8 Å². The number of hydrogen-bond donors (Lipinski definition) is 3. The highest BCUT2D eigenvalue weighted by atomic mass is 32.2. The summed E-state index contributed by atoms with van der Waals surface area (Å²) in [6.07, 6.45) is 0. The van der Waals surface area contributed by atoms with Crippen LogP contribution in [-0.2, 0) is 4.79 Å². The number of carbonyl (C=O) groups is 1. The van der Waals surface area contributed by atoms with Crippen LogP contribution in [0.3, 0.4) is 0 Å². The molecule has 0 unspecified atom stereocenters. The highest BCUT2D eigenvalue weighted by Crippen LogP contribution is 2.13. The SMILES string of the molecule is NC(=O)CSc1nc(N)nc(N)n1. The number of carbonyl (C=O) groups excluding carboxylic acids is 1. The fraction of sp³-hybridized carbons (Fsp3) is 0.200. The second-order valence-electron chi connectivity index (χ2n) is 2.09. The first kappa shape index (κ1) is 9.52. The van der Waals surface area contributed by atoms with Gasteiger partial charge in [-0.2, -0.15) is 15.0 Å². The van der Waals surface area contributed by atoms with Crippen molar-refractivity contribution in [3.63, 3.8) is 0 Å². The number of aromatic nitrogens is 3. The first-order valence-electron chi connectivity index (χ1n) is 3.26. The molecule has 0 fully saturated rings. The van der Waals surface area contributed by atoms with Gasteiger partial charge in [0.05, 0.1) is 5.75 Å². The smallest absolute Gasteiger partial charge is 0.227 e. The molecule has 1 heterocycles. The molecule has 70 valence electrons. The highest BCUT2D eigenvalue weighted by molar-refractivity contribution is 7.99. The van der Waals surface area contributed by atoms with Gasteiger partial charge in [-0.15, -0.1) is 0 Å². The average molecular weight is 200 g/mol. The zero-order valence-corrected chi connectivity index (χ0v) is 7.41. The molecule has 0 radical (unpaired) electrons. The highest BCUT2D eigenvalue weighted by Gasteiger charge is 2.03. The Labute approximate surface area is 78.1 Å². The lowest BCUT2D eigenvalue weighted by Crippen LogP contribution is -2.14. The number of nitrogens with two attached hydrogens (primary N) is 3. The number of nitrogen functional groups attached to an aromatic ring is 2. The molecule has 7 nitrogen and oxygen atoms in total. The minimum atomic E-state index is -0.456. The van der Waals surface area contributed by atoms with Crippen molar-refractivity contribution in [2.24, 2.45) is 5.73 Å². The van der Waals surface area contributed by atoms with Gasteiger partial charge >= 0.3 is 0 Å². The van der Waals surface area contributed by atoms with Crippen LogP contribution < -0.4 is 17.2 Å². The number of amides is 1. The van der Waals surface area contributed by atoms with E-state index in [4.69, 9.17) is 17.2 Å². The molecule has 0 saturated heterocycles. The van der Waals surface area contributed by atoms with Crippen molar-refractivity contribution < 1.29 is 4.79 Å². The van der Waals surface area contributed by atoms with E-state index in [2.05, 4.69) is 15.0 Å². The molecule has 0 saturated carbocycles. The molecule has 0 atom stereocenters. The molecule has 8 heteroatoms. The molecule has 1 aromatic heterocycles. The van der Waals surface area contributed by atoms with Crippen LogP contribution in [0, 0.1) is 0 Å². The quantitative estimate of drug-likeness (QED) is 0.511. The molecular formula is C5H8N6OS. The summed E-state index contributed by atoms with van der Waals surface area (Å²) < 4.78 is 0. The third kappa shape index (κ3) is 3.11. The molecule has 0 aliphatic carbocycles. The predicted octanol–water partition coefficient (Wildman–Crippen LogP) is -1.39. The molecule has 1 aromatic rings. The Balaban J connectivity index is 2.71. The second kappa shape index (κ2) is 3.90. The van der Waals surface area contributed by atoms with Crippen molar-refractivity contribution in [2.45, 2.75) is 5.16 Å². The van der Waals surface area contributed by atoms with E-state index in [1.807, 2.05) is 0 Å². The summed E-state index contributed by atoms with van der Waals surface area (Å²) in [5, 5.41) is 0.295. The summed E-state index contributed by atoms with van der Waals surface area (Å²) in [4.78, 5) is 21.4. The topological polar surface area (TPSA) is 134 Å². The van der Waals surface area contributed by atoms with Crippen molar-refractivity contribution >= 4 is 29.6 Å². The number of rotatable bonds is 3. The van der Waals surface area contributed by atoms with E-state index >= 15 is 0 Å². The molecule has 0 spiro atoms. The minimum Gasteiger partial charge on any atom is -0.369 e. The molecule has 6 N–H and O–H groups in total. The van der Waals surface area contributed by atoms with E-state index in [0.717, 1.165) is 11.8 Å². The molecule has 0 aromatic carbocycles. The van der Waals surface area contributed by atoms with Gasteiger partial charge in [0.2, 0.25) is 17.8 Å². The van der Waals surface area contributed by atoms with Gasteiger partial charge in [-0.1, -0.05) is 11.8 Å². The second-order valence-corrected chi connectivity index (χ2v) is 3.03. The van der Waals surface area contributed by atoms with Crippen molar-refractivity contribution in [3.05, 3.63) is 0 Å². The summed E-state index contributed by atoms with van der Waals surface area (Å²) in [6, 6.07) is 0. The van der Waals surface area contributed by atoms with Crippen LogP contribution in [0.1, 0.15) is 0 Å². The summed E-state index contributed by atoms with van der Waals surface area (Å²) in [5.41, 5.74) is 15.5. The van der Waals surface area contributed by atoms with Gasteiger partial charge in [0.1, 0.15) is 0 Å². The average Bonchev–Trinajstić information content (AvgIpc) is 1.99. The zero-order chi connectivity index (χ0) is 9.84. The maximum absolute atomic E-state index is 10.4. The molecule has 0 aliphatic rings. The monoisotopic (exact) mass is 200 g/mol. The molecule has 1 amide bonds. The van der Waals surface area contributed by atoms with Gasteiger partial charge in [-0.05, 0) is 0 Å². The number of primary amides is 1. The fourth-order valence-electron chi connectivity index (χ4n) is 0.589. The Kier molecular flexibility index (Phi) is 2.85. The maximum atomic E-state index is 10.4.